The van der Waals surface area contributed by atoms with Crippen LogP contribution in [-0.4, -0.2) is 58.4 Å². The molecular weight excluding hydrogens is 501 g/mol. The van der Waals surface area contributed by atoms with Crippen molar-refractivity contribution in [2.45, 2.75) is 32.2 Å². The Bertz CT molecular complexity index is 1620. The van der Waals surface area contributed by atoms with Crippen LogP contribution in [0.15, 0.2) is 52.2 Å². The Morgan fingerprint density at radius 3 is 2.39 bits per heavy atom. The number of halogens is 1. The van der Waals surface area contributed by atoms with Crippen molar-refractivity contribution in [2.24, 2.45) is 0 Å². The molecule has 188 valence electrons. The molecule has 8 nitrogen and oxygen atoms in total. The molecule has 0 aliphatic carbocycles. The van der Waals surface area contributed by atoms with Gasteiger partial charge in [-0.25, -0.2) is 17.8 Å². The summed E-state index contributed by atoms with van der Waals surface area (Å²) in [4.78, 5) is 20.1. The van der Waals surface area contributed by atoms with Crippen molar-refractivity contribution in [2.75, 3.05) is 26.2 Å². The third-order valence-electron chi connectivity index (χ3n) is 6.53. The predicted octanol–water partition coefficient (Wildman–Crippen LogP) is 3.39. The highest BCUT2D eigenvalue weighted by Gasteiger charge is 2.30. The highest BCUT2D eigenvalue weighted by molar-refractivity contribution is 7.89. The average Bonchev–Trinajstić information content (AvgIpc) is 3.26. The number of piperazine rings is 1. The molecule has 1 fully saturated rings. The van der Waals surface area contributed by atoms with Crippen LogP contribution in [0.1, 0.15) is 22.4 Å². The molecule has 1 aliphatic heterocycles. The number of benzene rings is 2. The van der Waals surface area contributed by atoms with Crippen molar-refractivity contribution in [1.82, 2.24) is 23.8 Å². The van der Waals surface area contributed by atoms with Crippen LogP contribution in [0.2, 0.25) is 0 Å². The van der Waals surface area contributed by atoms with E-state index in [4.69, 9.17) is 0 Å². The van der Waals surface area contributed by atoms with E-state index in [-0.39, 0.29) is 5.56 Å². The van der Waals surface area contributed by atoms with E-state index in [1.807, 2.05) is 26.8 Å². The number of aromatic nitrogens is 3. The van der Waals surface area contributed by atoms with E-state index < -0.39 is 15.8 Å². The Balaban J connectivity index is 1.31. The highest BCUT2D eigenvalue weighted by atomic mass is 32.2. The van der Waals surface area contributed by atoms with Gasteiger partial charge in [-0.3, -0.25) is 9.69 Å². The Morgan fingerprint density at radius 1 is 0.972 bits per heavy atom. The average molecular weight is 528 g/mol. The topological polar surface area (TPSA) is 87.9 Å². The minimum Gasteiger partial charge on any atom is -0.295 e. The van der Waals surface area contributed by atoms with E-state index in [0.29, 0.717) is 58.8 Å². The summed E-state index contributed by atoms with van der Waals surface area (Å²) in [5, 5.41) is 4.63. The molecule has 0 spiro atoms. The largest absolute Gasteiger partial charge is 0.295 e. The lowest BCUT2D eigenvalue weighted by Crippen LogP contribution is -2.48. The first kappa shape index (κ1) is 24.7. The molecule has 0 N–H and O–H groups in total. The summed E-state index contributed by atoms with van der Waals surface area (Å²) in [5.41, 5.74) is 3.33. The molecule has 11 heteroatoms. The first-order valence-electron chi connectivity index (χ1n) is 11.6. The second-order valence-corrected chi connectivity index (χ2v) is 11.9. The van der Waals surface area contributed by atoms with Gasteiger partial charge in [-0.15, -0.1) is 0 Å². The third kappa shape index (κ3) is 4.59. The summed E-state index contributed by atoms with van der Waals surface area (Å²) in [6.45, 7) is 7.88. The number of fused-ring (bicyclic) bond motifs is 1. The van der Waals surface area contributed by atoms with Gasteiger partial charge >= 0.3 is 0 Å². The first-order chi connectivity index (χ1) is 17.1. The Kier molecular flexibility index (Phi) is 6.50. The third-order valence-corrected chi connectivity index (χ3v) is 9.51. The Hall–Kier alpha value is -2.99. The maximum atomic E-state index is 14.2. The van der Waals surface area contributed by atoms with Crippen LogP contribution < -0.4 is 5.56 Å². The van der Waals surface area contributed by atoms with Gasteiger partial charge in [0.25, 0.3) is 5.56 Å². The fraction of sp³-hybridized carbons (Fsp3) is 0.320. The van der Waals surface area contributed by atoms with Crippen molar-refractivity contribution in [3.63, 3.8) is 0 Å². The van der Waals surface area contributed by atoms with Gasteiger partial charge in [0.2, 0.25) is 15.0 Å². The summed E-state index contributed by atoms with van der Waals surface area (Å²) in [6, 6.07) is 11.4. The molecule has 0 radical (unpaired) electrons. The maximum absolute atomic E-state index is 14.2. The molecule has 2 aromatic heterocycles. The molecule has 1 saturated heterocycles. The minimum absolute atomic E-state index is 0.324. The van der Waals surface area contributed by atoms with E-state index in [2.05, 4.69) is 15.0 Å². The van der Waals surface area contributed by atoms with Crippen LogP contribution in [-0.2, 0) is 16.6 Å². The fourth-order valence-corrected chi connectivity index (χ4v) is 7.05. The van der Waals surface area contributed by atoms with Gasteiger partial charge in [-0.1, -0.05) is 29.5 Å². The monoisotopic (exact) mass is 527 g/mol. The van der Waals surface area contributed by atoms with Crippen LogP contribution in [0.3, 0.4) is 0 Å². The number of sulfonamides is 1. The summed E-state index contributed by atoms with van der Waals surface area (Å²) < 4.78 is 43.5. The zero-order valence-electron chi connectivity index (χ0n) is 20.2. The van der Waals surface area contributed by atoms with Gasteiger partial charge in [-0.2, -0.15) is 13.9 Å². The van der Waals surface area contributed by atoms with E-state index in [0.717, 1.165) is 28.0 Å². The second kappa shape index (κ2) is 9.47. The lowest BCUT2D eigenvalue weighted by Gasteiger charge is -2.34. The first-order valence-corrected chi connectivity index (χ1v) is 13.8. The van der Waals surface area contributed by atoms with E-state index in [9.17, 15) is 17.6 Å². The molecule has 3 heterocycles. The summed E-state index contributed by atoms with van der Waals surface area (Å²) in [7, 11) is -3.59. The van der Waals surface area contributed by atoms with Gasteiger partial charge in [0.15, 0.2) is 5.01 Å². The molecule has 0 bridgehead atoms. The van der Waals surface area contributed by atoms with Crippen molar-refractivity contribution in [3.05, 3.63) is 81.0 Å². The molecular formula is C25H26FN5O3S2. The van der Waals surface area contributed by atoms with Crippen LogP contribution in [0.25, 0.3) is 15.5 Å². The maximum Gasteiger partial charge on any atom is 0.275 e. The standard InChI is InChI=1S/C25H26FN5O3S2/c1-16-12-18(3)22(13-17(16)2)36(33,34)30-10-8-29(9-11-30)15-19-14-23(32)31-25(27-19)35-24(28-31)20-6-4-5-7-21(20)26/h4-7,12-14H,8-11,15H2,1-3H3. The highest BCUT2D eigenvalue weighted by Crippen LogP contribution is 2.27. The molecule has 0 amide bonds. The molecule has 0 unspecified atom stereocenters. The number of hydrogen-bond donors (Lipinski definition) is 0. The van der Waals surface area contributed by atoms with Crippen LogP contribution in [0, 0.1) is 26.6 Å². The van der Waals surface area contributed by atoms with Gasteiger partial charge in [0.05, 0.1) is 10.6 Å². The smallest absolute Gasteiger partial charge is 0.275 e. The zero-order valence-corrected chi connectivity index (χ0v) is 21.9. The van der Waals surface area contributed by atoms with E-state index in [1.165, 1.54) is 21.0 Å². The number of rotatable bonds is 5. The SMILES string of the molecule is Cc1cc(C)c(S(=O)(=O)N2CCN(Cc3cc(=O)n4nc(-c5ccccc5F)sc4n3)CC2)cc1C. The Labute approximate surface area is 212 Å². The van der Waals surface area contributed by atoms with Gasteiger partial charge < -0.3 is 0 Å². The molecule has 5 rings (SSSR count). The predicted molar refractivity (Wildman–Crippen MR) is 137 cm³/mol. The van der Waals surface area contributed by atoms with Crippen LogP contribution >= 0.6 is 11.3 Å². The van der Waals surface area contributed by atoms with Crippen molar-refractivity contribution < 1.29 is 12.8 Å². The zero-order chi connectivity index (χ0) is 25.6. The molecule has 0 saturated carbocycles. The van der Waals surface area contributed by atoms with E-state index >= 15 is 0 Å². The quantitative estimate of drug-likeness (QED) is 0.395. The fourth-order valence-electron chi connectivity index (χ4n) is 4.39. The van der Waals surface area contributed by atoms with Crippen molar-refractivity contribution in [1.29, 1.82) is 0 Å². The summed E-state index contributed by atoms with van der Waals surface area (Å²) >= 11 is 1.15. The Morgan fingerprint density at radius 2 is 1.67 bits per heavy atom. The molecule has 1 aliphatic rings. The molecule has 0 atom stereocenters. The van der Waals surface area contributed by atoms with Gasteiger partial charge in [-0.05, 0) is 55.7 Å². The number of hydrogen-bond acceptors (Lipinski definition) is 7. The minimum atomic E-state index is -3.59. The van der Waals surface area contributed by atoms with Crippen molar-refractivity contribution in [3.8, 4) is 10.6 Å². The van der Waals surface area contributed by atoms with E-state index in [1.54, 1.807) is 24.3 Å². The molecule has 36 heavy (non-hydrogen) atoms. The summed E-state index contributed by atoms with van der Waals surface area (Å²) in [5.74, 6) is -0.409. The normalized spacial score (nSPS) is 15.6. The van der Waals surface area contributed by atoms with Gasteiger partial charge in [0, 0.05) is 44.4 Å². The second-order valence-electron chi connectivity index (χ2n) is 9.05. The van der Waals surface area contributed by atoms with Crippen LogP contribution in [0.5, 0.6) is 0 Å². The van der Waals surface area contributed by atoms with Crippen LogP contribution in [0.4, 0.5) is 4.39 Å². The summed E-state index contributed by atoms with van der Waals surface area (Å²) in [6.07, 6.45) is 0. The molecule has 4 aromatic rings. The number of nitrogens with zero attached hydrogens (tertiary/aromatic N) is 5. The molecule has 2 aromatic carbocycles. The number of aryl methyl sites for hydroxylation is 3. The van der Waals surface area contributed by atoms with Gasteiger partial charge in [0.1, 0.15) is 5.82 Å². The van der Waals surface area contributed by atoms with Crippen molar-refractivity contribution >= 4 is 26.3 Å². The lowest BCUT2D eigenvalue weighted by atomic mass is 10.1. The lowest BCUT2D eigenvalue weighted by molar-refractivity contribution is 0.180.